The quantitative estimate of drug-likeness (QED) is 0.558. The number of para-hydroxylation sites is 3. The van der Waals surface area contributed by atoms with Crippen LogP contribution in [0.3, 0.4) is 0 Å². The van der Waals surface area contributed by atoms with Crippen LogP contribution in [-0.2, 0) is 0 Å². The van der Waals surface area contributed by atoms with Gasteiger partial charge in [0.1, 0.15) is 5.82 Å². The maximum atomic E-state index is 4.62. The molecule has 0 aliphatic carbocycles. The standard InChI is InChI=1S/C14H9N3S/c1-2-6-11-10(5-1)16-14(17-11)9-4-3-7-12-13(9)15-8-18-12/h1-8H,(H,16,17). The second-order valence-corrected chi connectivity index (χ2v) is 4.99. The molecule has 2 aromatic heterocycles. The van der Waals surface area contributed by atoms with Crippen molar-refractivity contribution in [2.45, 2.75) is 0 Å². The summed E-state index contributed by atoms with van der Waals surface area (Å²) in [6.45, 7) is 0. The molecule has 4 aromatic rings. The first-order chi connectivity index (χ1) is 8.92. The topological polar surface area (TPSA) is 41.6 Å². The minimum atomic E-state index is 0.882. The van der Waals surface area contributed by atoms with Gasteiger partial charge in [0.05, 0.1) is 26.8 Å². The summed E-state index contributed by atoms with van der Waals surface area (Å²) >= 11 is 1.65. The van der Waals surface area contributed by atoms with Gasteiger partial charge in [0.25, 0.3) is 0 Å². The third kappa shape index (κ3) is 1.36. The minimum Gasteiger partial charge on any atom is -0.338 e. The highest BCUT2D eigenvalue weighted by atomic mass is 32.1. The summed E-state index contributed by atoms with van der Waals surface area (Å²) in [4.78, 5) is 12.4. The van der Waals surface area contributed by atoms with E-state index in [1.807, 2.05) is 35.8 Å². The van der Waals surface area contributed by atoms with E-state index in [1.165, 1.54) is 4.70 Å². The molecule has 0 atom stereocenters. The van der Waals surface area contributed by atoms with Crippen molar-refractivity contribution >= 4 is 32.6 Å². The van der Waals surface area contributed by atoms with E-state index >= 15 is 0 Å². The Balaban J connectivity index is 2.04. The van der Waals surface area contributed by atoms with Gasteiger partial charge in [0.15, 0.2) is 0 Å². The summed E-state index contributed by atoms with van der Waals surface area (Å²) < 4.78 is 1.19. The SMILES string of the molecule is c1ccc2[nH]c(-c3cccc4scnc34)nc2c1. The number of rotatable bonds is 1. The molecule has 0 spiro atoms. The van der Waals surface area contributed by atoms with Crippen LogP contribution in [0.25, 0.3) is 32.6 Å². The van der Waals surface area contributed by atoms with Crippen LogP contribution in [0.15, 0.2) is 48.0 Å². The fraction of sp³-hybridized carbons (Fsp3) is 0. The molecule has 3 nitrogen and oxygen atoms in total. The average Bonchev–Trinajstić information content (AvgIpc) is 3.04. The molecule has 18 heavy (non-hydrogen) atoms. The van der Waals surface area contributed by atoms with Gasteiger partial charge in [-0.15, -0.1) is 11.3 Å². The van der Waals surface area contributed by atoms with Crippen molar-refractivity contribution in [2.75, 3.05) is 0 Å². The Labute approximate surface area is 107 Å². The van der Waals surface area contributed by atoms with Gasteiger partial charge in [-0.1, -0.05) is 18.2 Å². The summed E-state index contributed by atoms with van der Waals surface area (Å²) in [7, 11) is 0. The zero-order valence-electron chi connectivity index (χ0n) is 9.42. The van der Waals surface area contributed by atoms with E-state index in [9.17, 15) is 0 Å². The van der Waals surface area contributed by atoms with Crippen molar-refractivity contribution in [1.29, 1.82) is 0 Å². The lowest BCUT2D eigenvalue weighted by Crippen LogP contribution is -1.82. The Morgan fingerprint density at radius 3 is 2.89 bits per heavy atom. The van der Waals surface area contributed by atoms with Crippen molar-refractivity contribution in [3.63, 3.8) is 0 Å². The molecule has 0 aliphatic heterocycles. The third-order valence-electron chi connectivity index (χ3n) is 3.00. The summed E-state index contributed by atoms with van der Waals surface area (Å²) in [6.07, 6.45) is 0. The zero-order valence-corrected chi connectivity index (χ0v) is 10.2. The van der Waals surface area contributed by atoms with Gasteiger partial charge < -0.3 is 4.98 Å². The lowest BCUT2D eigenvalue weighted by Gasteiger charge is -1.97. The molecule has 4 rings (SSSR count). The minimum absolute atomic E-state index is 0.882. The number of thiazole rings is 1. The molecule has 0 unspecified atom stereocenters. The molecule has 0 fully saturated rings. The highest BCUT2D eigenvalue weighted by Crippen LogP contribution is 2.29. The third-order valence-corrected chi connectivity index (χ3v) is 3.80. The summed E-state index contributed by atoms with van der Waals surface area (Å²) in [6, 6.07) is 14.2. The molecule has 4 heteroatoms. The highest BCUT2D eigenvalue weighted by Gasteiger charge is 2.09. The number of hydrogen-bond donors (Lipinski definition) is 1. The molecule has 0 saturated heterocycles. The summed E-state index contributed by atoms with van der Waals surface area (Å²) in [5.41, 5.74) is 5.99. The number of nitrogens with one attached hydrogen (secondary N) is 1. The van der Waals surface area contributed by atoms with E-state index in [1.54, 1.807) is 11.3 Å². The number of nitrogens with zero attached hydrogens (tertiary/aromatic N) is 2. The van der Waals surface area contributed by atoms with Crippen molar-refractivity contribution in [3.8, 4) is 11.4 Å². The zero-order chi connectivity index (χ0) is 11.9. The molecule has 2 aromatic carbocycles. The fourth-order valence-electron chi connectivity index (χ4n) is 2.16. The number of aromatic nitrogens is 3. The second-order valence-electron chi connectivity index (χ2n) is 4.11. The molecule has 0 radical (unpaired) electrons. The summed E-state index contributed by atoms with van der Waals surface area (Å²) in [5.74, 6) is 0.882. The largest absolute Gasteiger partial charge is 0.338 e. The smallest absolute Gasteiger partial charge is 0.140 e. The Bertz CT molecular complexity index is 811. The predicted octanol–water partition coefficient (Wildman–Crippen LogP) is 3.84. The highest BCUT2D eigenvalue weighted by molar-refractivity contribution is 7.16. The molecule has 1 N–H and O–H groups in total. The molecule has 0 saturated carbocycles. The van der Waals surface area contributed by atoms with Gasteiger partial charge in [-0.05, 0) is 24.3 Å². The van der Waals surface area contributed by atoms with E-state index in [2.05, 4.69) is 27.1 Å². The van der Waals surface area contributed by atoms with E-state index in [0.29, 0.717) is 0 Å². The van der Waals surface area contributed by atoms with E-state index < -0.39 is 0 Å². The normalized spacial score (nSPS) is 11.3. The molecule has 0 amide bonds. The maximum Gasteiger partial charge on any atom is 0.140 e. The first-order valence-electron chi connectivity index (χ1n) is 5.69. The van der Waals surface area contributed by atoms with Crippen LogP contribution < -0.4 is 0 Å². The van der Waals surface area contributed by atoms with Crippen LogP contribution in [0.5, 0.6) is 0 Å². The van der Waals surface area contributed by atoms with Crippen molar-refractivity contribution in [2.24, 2.45) is 0 Å². The summed E-state index contributed by atoms with van der Waals surface area (Å²) in [5, 5.41) is 0. The lowest BCUT2D eigenvalue weighted by atomic mass is 10.2. The van der Waals surface area contributed by atoms with Crippen molar-refractivity contribution < 1.29 is 0 Å². The Hall–Kier alpha value is -2.20. The molecular formula is C14H9N3S. The van der Waals surface area contributed by atoms with Crippen LogP contribution in [0, 0.1) is 0 Å². The average molecular weight is 251 g/mol. The maximum absolute atomic E-state index is 4.62. The molecule has 0 aliphatic rings. The Kier molecular flexibility index (Phi) is 1.98. The first-order valence-corrected chi connectivity index (χ1v) is 6.57. The molecular weight excluding hydrogens is 242 g/mol. The van der Waals surface area contributed by atoms with Gasteiger partial charge >= 0.3 is 0 Å². The number of imidazole rings is 1. The van der Waals surface area contributed by atoms with Gasteiger partial charge in [-0.3, -0.25) is 0 Å². The van der Waals surface area contributed by atoms with Crippen LogP contribution in [0.4, 0.5) is 0 Å². The lowest BCUT2D eigenvalue weighted by molar-refractivity contribution is 1.34. The van der Waals surface area contributed by atoms with Crippen LogP contribution in [-0.4, -0.2) is 15.0 Å². The number of fused-ring (bicyclic) bond motifs is 2. The second kappa shape index (κ2) is 3.65. The molecule has 2 heterocycles. The first kappa shape index (κ1) is 9.79. The number of benzene rings is 2. The number of hydrogen-bond acceptors (Lipinski definition) is 3. The van der Waals surface area contributed by atoms with Gasteiger partial charge in [-0.25, -0.2) is 9.97 Å². The monoisotopic (exact) mass is 251 g/mol. The fourth-order valence-corrected chi connectivity index (χ4v) is 2.86. The van der Waals surface area contributed by atoms with E-state index in [0.717, 1.165) is 27.9 Å². The van der Waals surface area contributed by atoms with Crippen LogP contribution >= 0.6 is 11.3 Å². The Morgan fingerprint density at radius 2 is 1.94 bits per heavy atom. The van der Waals surface area contributed by atoms with Crippen LogP contribution in [0.2, 0.25) is 0 Å². The predicted molar refractivity (Wildman–Crippen MR) is 74.7 cm³/mol. The van der Waals surface area contributed by atoms with Gasteiger partial charge in [0, 0.05) is 5.56 Å². The number of aromatic amines is 1. The van der Waals surface area contributed by atoms with Gasteiger partial charge in [-0.2, -0.15) is 0 Å². The van der Waals surface area contributed by atoms with Crippen LogP contribution in [0.1, 0.15) is 0 Å². The van der Waals surface area contributed by atoms with E-state index in [4.69, 9.17) is 0 Å². The Morgan fingerprint density at radius 1 is 1.00 bits per heavy atom. The van der Waals surface area contributed by atoms with Gasteiger partial charge in [0.2, 0.25) is 0 Å². The molecule has 86 valence electrons. The van der Waals surface area contributed by atoms with Crippen molar-refractivity contribution in [3.05, 3.63) is 48.0 Å². The van der Waals surface area contributed by atoms with Crippen molar-refractivity contribution in [1.82, 2.24) is 15.0 Å². The van der Waals surface area contributed by atoms with E-state index in [-0.39, 0.29) is 0 Å². The molecule has 0 bridgehead atoms. The number of H-pyrrole nitrogens is 1.